The van der Waals surface area contributed by atoms with Crippen molar-refractivity contribution in [2.75, 3.05) is 5.32 Å². The van der Waals surface area contributed by atoms with Crippen molar-refractivity contribution in [3.8, 4) is 0 Å². The van der Waals surface area contributed by atoms with Crippen LogP contribution in [0.3, 0.4) is 0 Å². The number of benzene rings is 2. The van der Waals surface area contributed by atoms with Gasteiger partial charge in [-0.2, -0.15) is 0 Å². The Bertz CT molecular complexity index is 686. The Labute approximate surface area is 131 Å². The molecule has 0 aliphatic carbocycles. The van der Waals surface area contributed by atoms with E-state index in [0.717, 1.165) is 35.2 Å². The van der Waals surface area contributed by atoms with Crippen molar-refractivity contribution in [3.05, 3.63) is 65.0 Å². The Balaban J connectivity index is 1.79. The third kappa shape index (κ3) is 3.32. The minimum absolute atomic E-state index is 0.0744. The van der Waals surface area contributed by atoms with Gasteiger partial charge in [0.1, 0.15) is 5.82 Å². The SMILES string of the molecule is O=C1CCc2cc(C(Br)Cc3cccc(F)c3)ccc2N1. The predicted octanol–water partition coefficient (Wildman–Crippen LogP) is 4.39. The summed E-state index contributed by atoms with van der Waals surface area (Å²) in [5.41, 5.74) is 4.17. The molecule has 2 aromatic rings. The van der Waals surface area contributed by atoms with Gasteiger partial charge < -0.3 is 5.32 Å². The zero-order chi connectivity index (χ0) is 14.8. The fraction of sp³-hybridized carbons (Fsp3) is 0.235. The molecule has 0 saturated heterocycles. The van der Waals surface area contributed by atoms with Crippen LogP contribution in [-0.4, -0.2) is 5.91 Å². The lowest BCUT2D eigenvalue weighted by molar-refractivity contribution is -0.116. The molecule has 1 atom stereocenters. The van der Waals surface area contributed by atoms with Crippen LogP contribution in [0.2, 0.25) is 0 Å². The monoisotopic (exact) mass is 347 g/mol. The van der Waals surface area contributed by atoms with Gasteiger partial charge in [0.2, 0.25) is 5.91 Å². The van der Waals surface area contributed by atoms with Crippen molar-refractivity contribution in [3.63, 3.8) is 0 Å². The van der Waals surface area contributed by atoms with Crippen LogP contribution >= 0.6 is 15.9 Å². The van der Waals surface area contributed by atoms with Gasteiger partial charge in [-0.1, -0.05) is 40.2 Å². The van der Waals surface area contributed by atoms with Crippen molar-refractivity contribution < 1.29 is 9.18 Å². The molecular formula is C17H15BrFNO. The van der Waals surface area contributed by atoms with Gasteiger partial charge >= 0.3 is 0 Å². The quantitative estimate of drug-likeness (QED) is 0.819. The maximum Gasteiger partial charge on any atom is 0.224 e. The second-order valence-corrected chi connectivity index (χ2v) is 6.37. The summed E-state index contributed by atoms with van der Waals surface area (Å²) in [4.78, 5) is 11.5. The van der Waals surface area contributed by atoms with Crippen LogP contribution in [0.5, 0.6) is 0 Å². The number of amides is 1. The van der Waals surface area contributed by atoms with E-state index in [2.05, 4.69) is 27.3 Å². The number of carbonyl (C=O) groups is 1. The van der Waals surface area contributed by atoms with Gasteiger partial charge in [0.05, 0.1) is 0 Å². The van der Waals surface area contributed by atoms with E-state index in [0.29, 0.717) is 6.42 Å². The fourth-order valence-corrected chi connectivity index (χ4v) is 3.25. The molecule has 1 N–H and O–H groups in total. The second kappa shape index (κ2) is 5.98. The van der Waals surface area contributed by atoms with E-state index >= 15 is 0 Å². The number of carbonyl (C=O) groups excluding carboxylic acids is 1. The lowest BCUT2D eigenvalue weighted by Crippen LogP contribution is -2.19. The van der Waals surface area contributed by atoms with Crippen molar-refractivity contribution in [1.82, 2.24) is 0 Å². The number of fused-ring (bicyclic) bond motifs is 1. The molecule has 1 amide bonds. The zero-order valence-corrected chi connectivity index (χ0v) is 13.0. The number of hydrogen-bond acceptors (Lipinski definition) is 1. The van der Waals surface area contributed by atoms with E-state index in [1.165, 1.54) is 6.07 Å². The van der Waals surface area contributed by atoms with Gasteiger partial charge in [-0.3, -0.25) is 4.79 Å². The zero-order valence-electron chi connectivity index (χ0n) is 11.4. The van der Waals surface area contributed by atoms with Gasteiger partial charge in [0, 0.05) is 16.9 Å². The first kappa shape index (κ1) is 14.3. The Morgan fingerprint density at radius 3 is 2.86 bits per heavy atom. The number of nitrogens with one attached hydrogen (secondary N) is 1. The smallest absolute Gasteiger partial charge is 0.224 e. The van der Waals surface area contributed by atoms with Gasteiger partial charge in [-0.15, -0.1) is 0 Å². The maximum absolute atomic E-state index is 13.2. The normalized spacial score (nSPS) is 15.2. The second-order valence-electron chi connectivity index (χ2n) is 5.27. The van der Waals surface area contributed by atoms with Crippen LogP contribution in [0.1, 0.15) is 27.9 Å². The summed E-state index contributed by atoms with van der Waals surface area (Å²) in [6, 6.07) is 12.7. The molecule has 4 heteroatoms. The van der Waals surface area contributed by atoms with E-state index in [4.69, 9.17) is 0 Å². The molecular weight excluding hydrogens is 333 g/mol. The summed E-state index contributed by atoms with van der Waals surface area (Å²) in [6.07, 6.45) is 2.03. The largest absolute Gasteiger partial charge is 0.326 e. The van der Waals surface area contributed by atoms with Crippen LogP contribution in [0.15, 0.2) is 42.5 Å². The summed E-state index contributed by atoms with van der Waals surface area (Å²) in [5.74, 6) is -0.134. The first-order valence-corrected chi connectivity index (χ1v) is 7.84. The minimum Gasteiger partial charge on any atom is -0.326 e. The number of alkyl halides is 1. The van der Waals surface area contributed by atoms with Crippen molar-refractivity contribution in [1.29, 1.82) is 0 Å². The Morgan fingerprint density at radius 2 is 2.05 bits per heavy atom. The lowest BCUT2D eigenvalue weighted by Gasteiger charge is -2.19. The molecule has 1 heterocycles. The highest BCUT2D eigenvalue weighted by molar-refractivity contribution is 9.09. The van der Waals surface area contributed by atoms with Crippen LogP contribution < -0.4 is 5.32 Å². The number of hydrogen-bond donors (Lipinski definition) is 1. The highest BCUT2D eigenvalue weighted by atomic mass is 79.9. The highest BCUT2D eigenvalue weighted by Gasteiger charge is 2.17. The lowest BCUT2D eigenvalue weighted by atomic mass is 9.97. The topological polar surface area (TPSA) is 29.1 Å². The minimum atomic E-state index is -0.208. The first-order valence-electron chi connectivity index (χ1n) is 6.93. The van der Waals surface area contributed by atoms with Gasteiger partial charge in [-0.25, -0.2) is 4.39 Å². The van der Waals surface area contributed by atoms with E-state index in [1.54, 1.807) is 12.1 Å². The van der Waals surface area contributed by atoms with Crippen LogP contribution in [0.25, 0.3) is 0 Å². The Hall–Kier alpha value is -1.68. The van der Waals surface area contributed by atoms with E-state index in [9.17, 15) is 9.18 Å². The standard InChI is InChI=1S/C17H15BrFNO/c18-15(9-11-2-1-3-14(19)8-11)12-4-6-16-13(10-12)5-7-17(21)20-16/h1-4,6,8,10,15H,5,7,9H2,(H,20,21). The van der Waals surface area contributed by atoms with Gasteiger partial charge in [-0.05, 0) is 47.7 Å². The molecule has 1 unspecified atom stereocenters. The van der Waals surface area contributed by atoms with E-state index < -0.39 is 0 Å². The first-order chi connectivity index (χ1) is 10.1. The van der Waals surface area contributed by atoms with E-state index in [1.807, 2.05) is 18.2 Å². The summed E-state index contributed by atoms with van der Waals surface area (Å²) in [5, 5.41) is 2.88. The molecule has 108 valence electrons. The van der Waals surface area contributed by atoms with Gasteiger partial charge in [0.25, 0.3) is 0 Å². The summed E-state index contributed by atoms with van der Waals surface area (Å²) in [6.45, 7) is 0. The summed E-state index contributed by atoms with van der Waals surface area (Å²) >= 11 is 3.68. The number of anilines is 1. The summed E-state index contributed by atoms with van der Waals surface area (Å²) in [7, 11) is 0. The molecule has 0 bridgehead atoms. The van der Waals surface area contributed by atoms with Crippen molar-refractivity contribution >= 4 is 27.5 Å². The Kier molecular flexibility index (Phi) is 4.06. The average Bonchev–Trinajstić information content (AvgIpc) is 2.46. The third-order valence-electron chi connectivity index (χ3n) is 3.69. The molecule has 1 aliphatic rings. The molecule has 0 radical (unpaired) electrons. The highest BCUT2D eigenvalue weighted by Crippen LogP contribution is 2.32. The molecule has 1 aliphatic heterocycles. The van der Waals surface area contributed by atoms with Crippen molar-refractivity contribution in [2.45, 2.75) is 24.1 Å². The third-order valence-corrected chi connectivity index (χ3v) is 4.54. The molecule has 0 saturated carbocycles. The number of halogens is 2. The number of aryl methyl sites for hydroxylation is 1. The van der Waals surface area contributed by atoms with Crippen LogP contribution in [0.4, 0.5) is 10.1 Å². The summed E-state index contributed by atoms with van der Waals surface area (Å²) < 4.78 is 13.2. The van der Waals surface area contributed by atoms with Crippen LogP contribution in [-0.2, 0) is 17.6 Å². The average molecular weight is 348 g/mol. The Morgan fingerprint density at radius 1 is 1.19 bits per heavy atom. The maximum atomic E-state index is 13.2. The molecule has 21 heavy (non-hydrogen) atoms. The number of rotatable bonds is 3. The van der Waals surface area contributed by atoms with Crippen LogP contribution in [0, 0.1) is 5.82 Å². The molecule has 2 aromatic carbocycles. The van der Waals surface area contributed by atoms with Crippen molar-refractivity contribution in [2.24, 2.45) is 0 Å². The molecule has 2 nitrogen and oxygen atoms in total. The van der Waals surface area contributed by atoms with E-state index in [-0.39, 0.29) is 16.6 Å². The molecule has 0 fully saturated rings. The fourth-order valence-electron chi connectivity index (χ4n) is 2.59. The van der Waals surface area contributed by atoms with Gasteiger partial charge in [0.15, 0.2) is 0 Å². The molecule has 0 spiro atoms. The molecule has 0 aromatic heterocycles. The predicted molar refractivity (Wildman–Crippen MR) is 85.2 cm³/mol. The molecule has 3 rings (SSSR count).